The third-order valence-corrected chi connectivity index (χ3v) is 6.19. The number of hydrogen-bond acceptors (Lipinski definition) is 6. The molecule has 0 radical (unpaired) electrons. The molecule has 1 fully saturated rings. The zero-order chi connectivity index (χ0) is 18.4. The molecule has 2 aliphatic rings. The summed E-state index contributed by atoms with van der Waals surface area (Å²) < 4.78 is 8.23. The Kier molecular flexibility index (Phi) is 3.84. The number of likely N-dealkylation sites (tertiary alicyclic amines) is 1. The number of benzene rings is 1. The molecule has 0 bridgehead atoms. The third kappa shape index (κ3) is 2.85. The average molecular weight is 381 g/mol. The molecule has 3 aromatic rings. The SMILES string of the molecule is CC(=O)N1CCC2(C1)Cn1c(nnc1-c1csc(-c3ccccc3)n1)CO2. The van der Waals surface area contributed by atoms with Crippen molar-refractivity contribution in [2.24, 2.45) is 0 Å². The van der Waals surface area contributed by atoms with Gasteiger partial charge in [-0.15, -0.1) is 21.5 Å². The van der Waals surface area contributed by atoms with Crippen LogP contribution in [0, 0.1) is 0 Å². The molecule has 8 heteroatoms. The van der Waals surface area contributed by atoms with Crippen molar-refractivity contribution in [3.63, 3.8) is 0 Å². The maximum atomic E-state index is 11.7. The number of aromatic nitrogens is 4. The minimum Gasteiger partial charge on any atom is -0.363 e. The number of rotatable bonds is 2. The summed E-state index contributed by atoms with van der Waals surface area (Å²) in [6, 6.07) is 10.1. The van der Waals surface area contributed by atoms with Crippen LogP contribution in [0.25, 0.3) is 22.1 Å². The highest BCUT2D eigenvalue weighted by molar-refractivity contribution is 7.13. The van der Waals surface area contributed by atoms with Gasteiger partial charge in [0, 0.05) is 24.4 Å². The maximum Gasteiger partial charge on any atom is 0.219 e. The van der Waals surface area contributed by atoms with Crippen molar-refractivity contribution in [2.75, 3.05) is 13.1 Å². The van der Waals surface area contributed by atoms with Gasteiger partial charge in [-0.1, -0.05) is 30.3 Å². The fourth-order valence-electron chi connectivity index (χ4n) is 3.80. The Labute approximate surface area is 160 Å². The largest absolute Gasteiger partial charge is 0.363 e. The van der Waals surface area contributed by atoms with Gasteiger partial charge in [0.05, 0.1) is 13.1 Å². The van der Waals surface area contributed by atoms with Crippen molar-refractivity contribution in [3.8, 4) is 22.1 Å². The molecule has 138 valence electrons. The number of fused-ring (bicyclic) bond motifs is 1. The van der Waals surface area contributed by atoms with Gasteiger partial charge in [-0.05, 0) is 6.42 Å². The second kappa shape index (κ2) is 6.24. The van der Waals surface area contributed by atoms with Gasteiger partial charge < -0.3 is 14.2 Å². The van der Waals surface area contributed by atoms with E-state index in [0.717, 1.165) is 40.9 Å². The van der Waals surface area contributed by atoms with Crippen molar-refractivity contribution < 1.29 is 9.53 Å². The second-order valence-corrected chi connectivity index (χ2v) is 7.95. The van der Waals surface area contributed by atoms with E-state index in [4.69, 9.17) is 9.72 Å². The summed E-state index contributed by atoms with van der Waals surface area (Å²) in [7, 11) is 0. The van der Waals surface area contributed by atoms with E-state index in [1.54, 1.807) is 18.3 Å². The molecule has 1 unspecified atom stereocenters. The van der Waals surface area contributed by atoms with Crippen molar-refractivity contribution in [2.45, 2.75) is 32.1 Å². The molecule has 5 rings (SSSR count). The number of amides is 1. The predicted molar refractivity (Wildman–Crippen MR) is 101 cm³/mol. The highest BCUT2D eigenvalue weighted by Gasteiger charge is 2.44. The topological polar surface area (TPSA) is 73.1 Å². The Hall–Kier alpha value is -2.58. The van der Waals surface area contributed by atoms with Crippen LogP contribution in [0.5, 0.6) is 0 Å². The molecule has 7 nitrogen and oxygen atoms in total. The minimum atomic E-state index is -0.353. The summed E-state index contributed by atoms with van der Waals surface area (Å²) >= 11 is 1.60. The number of nitrogens with zero attached hydrogens (tertiary/aromatic N) is 5. The van der Waals surface area contributed by atoms with Gasteiger partial charge in [-0.25, -0.2) is 4.98 Å². The minimum absolute atomic E-state index is 0.0947. The van der Waals surface area contributed by atoms with Gasteiger partial charge in [0.2, 0.25) is 5.91 Å². The molecule has 1 saturated heterocycles. The van der Waals surface area contributed by atoms with E-state index in [0.29, 0.717) is 19.7 Å². The summed E-state index contributed by atoms with van der Waals surface area (Å²) in [5.41, 5.74) is 1.57. The summed E-state index contributed by atoms with van der Waals surface area (Å²) in [6.45, 7) is 4.02. The van der Waals surface area contributed by atoms with Crippen LogP contribution in [0.4, 0.5) is 0 Å². The molecule has 1 atom stereocenters. The van der Waals surface area contributed by atoms with Crippen LogP contribution in [-0.2, 0) is 22.7 Å². The first kappa shape index (κ1) is 16.6. The molecule has 0 saturated carbocycles. The fraction of sp³-hybridized carbons (Fsp3) is 0.368. The molecule has 1 aromatic carbocycles. The summed E-state index contributed by atoms with van der Waals surface area (Å²) in [6.07, 6.45) is 0.829. The van der Waals surface area contributed by atoms with E-state index >= 15 is 0 Å². The van der Waals surface area contributed by atoms with Crippen LogP contribution in [0.2, 0.25) is 0 Å². The van der Waals surface area contributed by atoms with Gasteiger partial charge in [0.25, 0.3) is 0 Å². The lowest BCUT2D eigenvalue weighted by molar-refractivity contribution is -0.131. The van der Waals surface area contributed by atoms with Crippen LogP contribution in [0.15, 0.2) is 35.7 Å². The average Bonchev–Trinajstić information content (AvgIpc) is 3.41. The maximum absolute atomic E-state index is 11.7. The Morgan fingerprint density at radius 1 is 1.22 bits per heavy atom. The first-order valence-electron chi connectivity index (χ1n) is 8.96. The quantitative estimate of drug-likeness (QED) is 0.682. The van der Waals surface area contributed by atoms with Crippen molar-refractivity contribution >= 4 is 17.2 Å². The Bertz CT molecular complexity index is 999. The molecule has 2 aromatic heterocycles. The van der Waals surface area contributed by atoms with Crippen LogP contribution in [-0.4, -0.2) is 49.2 Å². The zero-order valence-corrected chi connectivity index (χ0v) is 15.8. The lowest BCUT2D eigenvalue weighted by atomic mass is 10.0. The molecule has 2 aliphatic heterocycles. The third-order valence-electron chi connectivity index (χ3n) is 5.30. The summed E-state index contributed by atoms with van der Waals surface area (Å²) in [4.78, 5) is 18.4. The molecular weight excluding hydrogens is 362 g/mol. The van der Waals surface area contributed by atoms with Gasteiger partial charge in [-0.3, -0.25) is 4.79 Å². The van der Waals surface area contributed by atoms with Crippen molar-refractivity contribution in [3.05, 3.63) is 41.5 Å². The molecule has 0 N–H and O–H groups in total. The van der Waals surface area contributed by atoms with Crippen LogP contribution in [0.3, 0.4) is 0 Å². The number of carbonyl (C=O) groups excluding carboxylic acids is 1. The smallest absolute Gasteiger partial charge is 0.219 e. The Morgan fingerprint density at radius 3 is 2.85 bits per heavy atom. The molecule has 4 heterocycles. The summed E-state index contributed by atoms with van der Waals surface area (Å²) in [5.74, 6) is 1.68. The van der Waals surface area contributed by atoms with E-state index in [1.165, 1.54) is 0 Å². The summed E-state index contributed by atoms with van der Waals surface area (Å²) in [5, 5.41) is 11.7. The van der Waals surface area contributed by atoms with Crippen molar-refractivity contribution in [1.82, 2.24) is 24.6 Å². The number of carbonyl (C=O) groups is 1. The normalized spacial score (nSPS) is 21.6. The van der Waals surface area contributed by atoms with E-state index in [9.17, 15) is 4.79 Å². The number of hydrogen-bond donors (Lipinski definition) is 0. The number of ether oxygens (including phenoxy) is 1. The lowest BCUT2D eigenvalue weighted by Crippen LogP contribution is -2.44. The molecule has 1 amide bonds. The van der Waals surface area contributed by atoms with E-state index in [1.807, 2.05) is 28.5 Å². The second-order valence-electron chi connectivity index (χ2n) is 7.09. The monoisotopic (exact) mass is 381 g/mol. The first-order valence-corrected chi connectivity index (χ1v) is 9.84. The lowest BCUT2D eigenvalue weighted by Gasteiger charge is -2.34. The standard InChI is InChI=1S/C19H19N5O2S/c1-13(25)23-8-7-19(11-23)12-24-16(9-26-19)21-22-17(24)15-10-27-18(20-15)14-5-3-2-4-6-14/h2-6,10H,7-9,11-12H2,1H3. The Morgan fingerprint density at radius 2 is 2.07 bits per heavy atom. The highest BCUT2D eigenvalue weighted by atomic mass is 32.1. The zero-order valence-electron chi connectivity index (χ0n) is 15.0. The van der Waals surface area contributed by atoms with Crippen LogP contribution < -0.4 is 0 Å². The van der Waals surface area contributed by atoms with E-state index < -0.39 is 0 Å². The molecular formula is C19H19N5O2S. The molecule has 0 aliphatic carbocycles. The van der Waals surface area contributed by atoms with E-state index in [2.05, 4.69) is 26.9 Å². The van der Waals surface area contributed by atoms with Gasteiger partial charge in [0.15, 0.2) is 11.6 Å². The fourth-order valence-corrected chi connectivity index (χ4v) is 4.60. The van der Waals surface area contributed by atoms with Gasteiger partial charge in [0.1, 0.15) is 22.9 Å². The van der Waals surface area contributed by atoms with Crippen molar-refractivity contribution in [1.29, 1.82) is 0 Å². The van der Waals surface area contributed by atoms with E-state index in [-0.39, 0.29) is 11.5 Å². The van der Waals surface area contributed by atoms with Gasteiger partial charge >= 0.3 is 0 Å². The van der Waals surface area contributed by atoms with Crippen LogP contribution >= 0.6 is 11.3 Å². The Balaban J connectivity index is 1.45. The predicted octanol–water partition coefficient (Wildman–Crippen LogP) is 2.59. The number of thiazole rings is 1. The van der Waals surface area contributed by atoms with Crippen LogP contribution in [0.1, 0.15) is 19.2 Å². The first-order chi connectivity index (χ1) is 13.1. The van der Waals surface area contributed by atoms with Gasteiger partial charge in [-0.2, -0.15) is 0 Å². The molecule has 27 heavy (non-hydrogen) atoms. The highest BCUT2D eigenvalue weighted by Crippen LogP contribution is 2.35. The molecule has 1 spiro atoms.